The molecule has 1 fully saturated rings. The van der Waals surface area contributed by atoms with Crippen LogP contribution in [-0.2, 0) is 9.53 Å². The predicted octanol–water partition coefficient (Wildman–Crippen LogP) is 3.25. The molecule has 0 aliphatic carbocycles. The van der Waals surface area contributed by atoms with Gasteiger partial charge in [0.2, 0.25) is 0 Å². The van der Waals surface area contributed by atoms with Crippen LogP contribution in [0.3, 0.4) is 0 Å². The van der Waals surface area contributed by atoms with Crippen molar-refractivity contribution in [1.82, 2.24) is 4.90 Å². The predicted molar refractivity (Wildman–Crippen MR) is 82.8 cm³/mol. The molecule has 2 rings (SSSR count). The van der Waals surface area contributed by atoms with E-state index in [9.17, 15) is 14.7 Å². The van der Waals surface area contributed by atoms with Crippen LogP contribution in [0.25, 0.3) is 0 Å². The monoisotopic (exact) mass is 305 g/mol. The zero-order chi connectivity index (χ0) is 16.3. The Labute approximate surface area is 130 Å². The van der Waals surface area contributed by atoms with Gasteiger partial charge in [0.25, 0.3) is 0 Å². The minimum absolute atomic E-state index is 0.154. The second-order valence-corrected chi connectivity index (χ2v) is 6.66. The third kappa shape index (κ3) is 4.00. The molecule has 1 aromatic carbocycles. The van der Waals surface area contributed by atoms with Crippen molar-refractivity contribution in [3.8, 4) is 0 Å². The number of piperidine rings is 1. The van der Waals surface area contributed by atoms with Gasteiger partial charge in [-0.3, -0.25) is 4.90 Å². The number of carboxylic acids is 1. The topological polar surface area (TPSA) is 66.8 Å². The molecule has 0 radical (unpaired) electrons. The smallest absolute Gasteiger partial charge is 0.411 e. The molecule has 5 heteroatoms. The van der Waals surface area contributed by atoms with Gasteiger partial charge in [-0.05, 0) is 45.1 Å². The first-order chi connectivity index (χ1) is 10.3. The Hall–Kier alpha value is -2.04. The van der Waals surface area contributed by atoms with Crippen molar-refractivity contribution in [2.24, 2.45) is 0 Å². The molecule has 120 valence electrons. The fourth-order valence-corrected chi connectivity index (χ4v) is 2.77. The Morgan fingerprint density at radius 3 is 2.41 bits per heavy atom. The summed E-state index contributed by atoms with van der Waals surface area (Å²) >= 11 is 0. The normalized spacial score (nSPS) is 22.2. The summed E-state index contributed by atoms with van der Waals surface area (Å²) in [6, 6.07) is 9.01. The third-order valence-electron chi connectivity index (χ3n) is 3.79. The van der Waals surface area contributed by atoms with Gasteiger partial charge >= 0.3 is 12.1 Å². The number of nitrogens with zero attached hydrogens (tertiary/aromatic N) is 1. The zero-order valence-electron chi connectivity index (χ0n) is 13.3. The number of amides is 1. The number of carboxylic acid groups (broad SMARTS) is 1. The summed E-state index contributed by atoms with van der Waals surface area (Å²) in [5.41, 5.74) is 0.494. The van der Waals surface area contributed by atoms with Gasteiger partial charge in [0, 0.05) is 6.54 Å². The van der Waals surface area contributed by atoms with Crippen LogP contribution in [0.4, 0.5) is 4.79 Å². The molecule has 22 heavy (non-hydrogen) atoms. The number of carbonyl (C=O) groups excluding carboxylic acids is 1. The first kappa shape index (κ1) is 16.3. The highest BCUT2D eigenvalue weighted by Crippen LogP contribution is 2.32. The van der Waals surface area contributed by atoms with E-state index < -0.39 is 23.7 Å². The average Bonchev–Trinajstić information content (AvgIpc) is 2.45. The summed E-state index contributed by atoms with van der Waals surface area (Å²) in [6.07, 6.45) is 0.609. The van der Waals surface area contributed by atoms with E-state index in [0.717, 1.165) is 12.0 Å². The van der Waals surface area contributed by atoms with Crippen LogP contribution in [0.1, 0.15) is 45.1 Å². The van der Waals surface area contributed by atoms with Gasteiger partial charge in [-0.15, -0.1) is 0 Å². The Kier molecular flexibility index (Phi) is 4.74. The number of ether oxygens (including phenoxy) is 1. The molecule has 1 heterocycles. The number of carbonyl (C=O) groups is 2. The van der Waals surface area contributed by atoms with Crippen LogP contribution < -0.4 is 0 Å². The van der Waals surface area contributed by atoms with E-state index in [1.165, 1.54) is 4.90 Å². The SMILES string of the molecule is CC(C)(C)OC(=O)N1CC[C@H](c2ccccc2)C[C@H]1C(=O)O. The quantitative estimate of drug-likeness (QED) is 0.910. The zero-order valence-corrected chi connectivity index (χ0v) is 13.3. The molecule has 2 atom stereocenters. The van der Waals surface area contributed by atoms with Gasteiger partial charge in [-0.25, -0.2) is 9.59 Å². The number of hydrogen-bond donors (Lipinski definition) is 1. The second kappa shape index (κ2) is 6.38. The first-order valence-electron chi connectivity index (χ1n) is 7.55. The molecule has 0 saturated carbocycles. The van der Waals surface area contributed by atoms with Crippen LogP contribution in [0, 0.1) is 0 Å². The molecule has 0 aromatic heterocycles. The molecule has 1 aromatic rings. The van der Waals surface area contributed by atoms with Crippen molar-refractivity contribution in [3.63, 3.8) is 0 Å². The number of rotatable bonds is 2. The Morgan fingerprint density at radius 2 is 1.86 bits per heavy atom. The molecule has 1 N–H and O–H groups in total. The third-order valence-corrected chi connectivity index (χ3v) is 3.79. The van der Waals surface area contributed by atoms with Gasteiger partial charge in [-0.1, -0.05) is 30.3 Å². The van der Waals surface area contributed by atoms with E-state index in [0.29, 0.717) is 13.0 Å². The Bertz CT molecular complexity index is 535. The standard InChI is InChI=1S/C17H23NO4/c1-17(2,3)22-16(21)18-10-9-13(11-14(18)15(19)20)12-7-5-4-6-8-12/h4-8,13-14H,9-11H2,1-3H3,(H,19,20)/t13-,14-/m0/s1. The van der Waals surface area contributed by atoms with Crippen LogP contribution in [0.5, 0.6) is 0 Å². The fourth-order valence-electron chi connectivity index (χ4n) is 2.77. The molecule has 1 aliphatic rings. The lowest BCUT2D eigenvalue weighted by molar-refractivity contribution is -0.144. The molecular weight excluding hydrogens is 282 g/mol. The van der Waals surface area contributed by atoms with Gasteiger partial charge in [0.1, 0.15) is 11.6 Å². The maximum absolute atomic E-state index is 12.2. The maximum atomic E-state index is 12.2. The molecule has 1 saturated heterocycles. The van der Waals surface area contributed by atoms with Crippen molar-refractivity contribution < 1.29 is 19.4 Å². The minimum Gasteiger partial charge on any atom is -0.480 e. The van der Waals surface area contributed by atoms with E-state index in [-0.39, 0.29) is 5.92 Å². The van der Waals surface area contributed by atoms with Crippen molar-refractivity contribution in [2.75, 3.05) is 6.54 Å². The number of likely N-dealkylation sites (tertiary alicyclic amines) is 1. The van der Waals surface area contributed by atoms with Crippen molar-refractivity contribution in [2.45, 2.75) is 51.2 Å². The van der Waals surface area contributed by atoms with Gasteiger partial charge in [0.05, 0.1) is 0 Å². The molecule has 1 aliphatic heterocycles. The van der Waals surface area contributed by atoms with E-state index in [2.05, 4.69) is 0 Å². The lowest BCUT2D eigenvalue weighted by atomic mass is 9.85. The largest absolute Gasteiger partial charge is 0.480 e. The van der Waals surface area contributed by atoms with Gasteiger partial charge in [-0.2, -0.15) is 0 Å². The molecular formula is C17H23NO4. The average molecular weight is 305 g/mol. The lowest BCUT2D eigenvalue weighted by Gasteiger charge is -2.38. The summed E-state index contributed by atoms with van der Waals surface area (Å²) in [7, 11) is 0. The second-order valence-electron chi connectivity index (χ2n) is 6.66. The Balaban J connectivity index is 2.12. The Morgan fingerprint density at radius 1 is 1.23 bits per heavy atom. The van der Waals surface area contributed by atoms with Crippen LogP contribution in [-0.4, -0.2) is 40.3 Å². The molecule has 5 nitrogen and oxygen atoms in total. The fraction of sp³-hybridized carbons (Fsp3) is 0.529. The summed E-state index contributed by atoms with van der Waals surface area (Å²) in [4.78, 5) is 25.1. The van der Waals surface area contributed by atoms with Crippen molar-refractivity contribution in [3.05, 3.63) is 35.9 Å². The highest BCUT2D eigenvalue weighted by atomic mass is 16.6. The minimum atomic E-state index is -0.980. The van der Waals surface area contributed by atoms with E-state index in [4.69, 9.17) is 4.74 Å². The van der Waals surface area contributed by atoms with Crippen molar-refractivity contribution >= 4 is 12.1 Å². The highest BCUT2D eigenvalue weighted by Gasteiger charge is 2.38. The molecule has 0 unspecified atom stereocenters. The molecule has 1 amide bonds. The summed E-state index contributed by atoms with van der Waals surface area (Å²) in [5, 5.41) is 9.47. The number of benzene rings is 1. The summed E-state index contributed by atoms with van der Waals surface area (Å²) in [6.45, 7) is 5.72. The van der Waals surface area contributed by atoms with Crippen molar-refractivity contribution in [1.29, 1.82) is 0 Å². The van der Waals surface area contributed by atoms with Crippen LogP contribution in [0.15, 0.2) is 30.3 Å². The van der Waals surface area contributed by atoms with Gasteiger partial charge < -0.3 is 9.84 Å². The van der Waals surface area contributed by atoms with Crippen LogP contribution >= 0.6 is 0 Å². The first-order valence-corrected chi connectivity index (χ1v) is 7.55. The van der Waals surface area contributed by atoms with E-state index in [1.807, 2.05) is 30.3 Å². The summed E-state index contributed by atoms with van der Waals surface area (Å²) in [5.74, 6) is -0.826. The highest BCUT2D eigenvalue weighted by molar-refractivity contribution is 5.80. The molecule has 0 bridgehead atoms. The maximum Gasteiger partial charge on any atom is 0.411 e. The van der Waals surface area contributed by atoms with Crippen LogP contribution in [0.2, 0.25) is 0 Å². The van der Waals surface area contributed by atoms with E-state index >= 15 is 0 Å². The number of hydrogen-bond acceptors (Lipinski definition) is 3. The number of aliphatic carboxylic acids is 1. The molecule has 0 spiro atoms. The van der Waals surface area contributed by atoms with Gasteiger partial charge in [0.15, 0.2) is 0 Å². The lowest BCUT2D eigenvalue weighted by Crippen LogP contribution is -2.51. The summed E-state index contributed by atoms with van der Waals surface area (Å²) < 4.78 is 5.32. The van der Waals surface area contributed by atoms with E-state index in [1.54, 1.807) is 20.8 Å².